The molecule has 0 aliphatic carbocycles. The molecule has 0 bridgehead atoms. The summed E-state index contributed by atoms with van der Waals surface area (Å²) in [5.74, 6) is 0.0838. The van der Waals surface area contributed by atoms with Crippen LogP contribution in [0.25, 0.3) is 10.9 Å². The van der Waals surface area contributed by atoms with Gasteiger partial charge >= 0.3 is 0 Å². The second-order valence-electron chi connectivity index (χ2n) is 6.02. The monoisotopic (exact) mass is 383 g/mol. The van der Waals surface area contributed by atoms with Crippen LogP contribution >= 0.6 is 15.9 Å². The van der Waals surface area contributed by atoms with E-state index < -0.39 is 0 Å². The smallest absolute Gasteiger partial charge is 0.257 e. The molecular weight excluding hydrogens is 366 g/mol. The van der Waals surface area contributed by atoms with Gasteiger partial charge in [0.2, 0.25) is 0 Å². The zero-order chi connectivity index (χ0) is 16.7. The van der Waals surface area contributed by atoms with Crippen molar-refractivity contribution in [2.75, 3.05) is 11.9 Å². The quantitative estimate of drug-likeness (QED) is 0.674. The third-order valence-corrected chi connectivity index (χ3v) is 4.95. The standard InChI is InChI=1S/C19H18BrN3O/c1-2-9-23-18(22-17-6-4-3-5-13(17)19(23)24)15-11-21-16-8-7-12(20)10-14(15)16/h3-8,10-11,18,21-22H,2,9H2,1H3/t18-/m0/s1. The largest absolute Gasteiger partial charge is 0.361 e. The lowest BCUT2D eigenvalue weighted by molar-refractivity contribution is 0.0684. The van der Waals surface area contributed by atoms with Crippen molar-refractivity contribution in [2.24, 2.45) is 0 Å². The van der Waals surface area contributed by atoms with Crippen LogP contribution in [0.15, 0.2) is 53.1 Å². The maximum Gasteiger partial charge on any atom is 0.257 e. The highest BCUT2D eigenvalue weighted by atomic mass is 79.9. The second kappa shape index (κ2) is 5.98. The molecule has 24 heavy (non-hydrogen) atoms. The molecule has 1 amide bonds. The lowest BCUT2D eigenvalue weighted by Gasteiger charge is -2.37. The molecule has 2 aromatic carbocycles. The molecule has 0 saturated heterocycles. The second-order valence-corrected chi connectivity index (χ2v) is 6.94. The van der Waals surface area contributed by atoms with Crippen LogP contribution in [0.3, 0.4) is 0 Å². The molecular formula is C19H18BrN3O. The molecule has 0 unspecified atom stereocenters. The number of benzene rings is 2. The molecule has 5 heteroatoms. The summed E-state index contributed by atoms with van der Waals surface area (Å²) in [6.45, 7) is 2.81. The van der Waals surface area contributed by atoms with Crippen molar-refractivity contribution < 1.29 is 4.79 Å². The summed E-state index contributed by atoms with van der Waals surface area (Å²) in [6, 6.07) is 13.9. The number of H-pyrrole nitrogens is 1. The van der Waals surface area contributed by atoms with Gasteiger partial charge in [0, 0.05) is 39.4 Å². The first kappa shape index (κ1) is 15.3. The molecule has 2 N–H and O–H groups in total. The van der Waals surface area contributed by atoms with Gasteiger partial charge in [-0.1, -0.05) is 35.0 Å². The van der Waals surface area contributed by atoms with Gasteiger partial charge in [0.05, 0.1) is 5.56 Å². The van der Waals surface area contributed by atoms with E-state index in [0.29, 0.717) is 6.54 Å². The number of amides is 1. The van der Waals surface area contributed by atoms with Gasteiger partial charge in [-0.3, -0.25) is 4.79 Å². The first-order chi connectivity index (χ1) is 11.7. The van der Waals surface area contributed by atoms with E-state index in [-0.39, 0.29) is 12.1 Å². The summed E-state index contributed by atoms with van der Waals surface area (Å²) in [5, 5.41) is 4.67. The van der Waals surface area contributed by atoms with Gasteiger partial charge in [-0.15, -0.1) is 0 Å². The number of hydrogen-bond donors (Lipinski definition) is 2. The van der Waals surface area contributed by atoms with Gasteiger partial charge in [0.15, 0.2) is 0 Å². The van der Waals surface area contributed by atoms with Crippen molar-refractivity contribution in [1.82, 2.24) is 9.88 Å². The van der Waals surface area contributed by atoms with Gasteiger partial charge in [-0.25, -0.2) is 0 Å². The Morgan fingerprint density at radius 3 is 2.88 bits per heavy atom. The predicted octanol–water partition coefficient (Wildman–Crippen LogP) is 4.91. The Labute approximate surface area is 149 Å². The van der Waals surface area contributed by atoms with Crippen LogP contribution in [-0.4, -0.2) is 22.3 Å². The third-order valence-electron chi connectivity index (χ3n) is 4.46. The Bertz CT molecular complexity index is 918. The van der Waals surface area contributed by atoms with Crippen molar-refractivity contribution in [3.05, 3.63) is 64.3 Å². The average Bonchev–Trinajstić information content (AvgIpc) is 3.00. The Morgan fingerprint density at radius 2 is 2.04 bits per heavy atom. The molecule has 0 fully saturated rings. The van der Waals surface area contributed by atoms with Crippen molar-refractivity contribution in [2.45, 2.75) is 19.5 Å². The molecule has 0 spiro atoms. The minimum Gasteiger partial charge on any atom is -0.361 e. The summed E-state index contributed by atoms with van der Waals surface area (Å²) >= 11 is 3.54. The van der Waals surface area contributed by atoms with Crippen LogP contribution in [0.5, 0.6) is 0 Å². The molecule has 2 heterocycles. The van der Waals surface area contributed by atoms with Gasteiger partial charge in [-0.05, 0) is 36.8 Å². The van der Waals surface area contributed by atoms with Crippen LogP contribution in [0.2, 0.25) is 0 Å². The Hall–Kier alpha value is -2.27. The molecule has 3 aromatic rings. The van der Waals surface area contributed by atoms with Crippen LogP contribution in [0, 0.1) is 0 Å². The fourth-order valence-electron chi connectivity index (χ4n) is 3.35. The summed E-state index contributed by atoms with van der Waals surface area (Å²) in [7, 11) is 0. The number of fused-ring (bicyclic) bond motifs is 2. The summed E-state index contributed by atoms with van der Waals surface area (Å²) in [6.07, 6.45) is 2.74. The van der Waals surface area contributed by atoms with E-state index in [1.165, 1.54) is 0 Å². The minimum absolute atomic E-state index is 0.0838. The minimum atomic E-state index is -0.171. The number of aromatic amines is 1. The maximum absolute atomic E-state index is 13.0. The Morgan fingerprint density at radius 1 is 1.21 bits per heavy atom. The topological polar surface area (TPSA) is 48.1 Å². The number of para-hydroxylation sites is 1. The van der Waals surface area contributed by atoms with Gasteiger partial charge in [-0.2, -0.15) is 0 Å². The van der Waals surface area contributed by atoms with Crippen molar-refractivity contribution >= 4 is 38.4 Å². The number of anilines is 1. The SMILES string of the molecule is CCCN1C(=O)c2ccccc2N[C@@H]1c1c[nH]c2ccc(Br)cc12. The highest BCUT2D eigenvalue weighted by Crippen LogP contribution is 2.36. The first-order valence-corrected chi connectivity index (χ1v) is 8.91. The van der Waals surface area contributed by atoms with Gasteiger partial charge in [0.25, 0.3) is 5.91 Å². The lowest BCUT2D eigenvalue weighted by atomic mass is 10.0. The highest BCUT2D eigenvalue weighted by Gasteiger charge is 2.33. The van der Waals surface area contributed by atoms with Crippen LogP contribution in [0.4, 0.5) is 5.69 Å². The summed E-state index contributed by atoms with van der Waals surface area (Å²) in [4.78, 5) is 18.2. The number of hydrogen-bond acceptors (Lipinski definition) is 2. The van der Waals surface area contributed by atoms with E-state index in [0.717, 1.165) is 38.6 Å². The van der Waals surface area contributed by atoms with E-state index in [2.05, 4.69) is 39.2 Å². The number of nitrogens with one attached hydrogen (secondary N) is 2. The van der Waals surface area contributed by atoms with E-state index in [1.807, 2.05) is 47.5 Å². The van der Waals surface area contributed by atoms with Crippen LogP contribution in [0.1, 0.15) is 35.4 Å². The Kier molecular flexibility index (Phi) is 3.81. The first-order valence-electron chi connectivity index (χ1n) is 8.12. The molecule has 1 aliphatic rings. The average molecular weight is 384 g/mol. The summed E-state index contributed by atoms with van der Waals surface area (Å²) < 4.78 is 1.03. The van der Waals surface area contributed by atoms with Gasteiger partial charge in [0.1, 0.15) is 6.17 Å². The van der Waals surface area contributed by atoms with E-state index in [4.69, 9.17) is 0 Å². The zero-order valence-electron chi connectivity index (χ0n) is 13.3. The fraction of sp³-hybridized carbons (Fsp3) is 0.211. The normalized spacial score (nSPS) is 17.0. The van der Waals surface area contributed by atoms with E-state index >= 15 is 0 Å². The Balaban J connectivity index is 1.85. The number of carbonyl (C=O) groups excluding carboxylic acids is 1. The molecule has 0 radical (unpaired) electrons. The maximum atomic E-state index is 13.0. The molecule has 4 nitrogen and oxygen atoms in total. The zero-order valence-corrected chi connectivity index (χ0v) is 14.9. The number of halogens is 1. The molecule has 4 rings (SSSR count). The summed E-state index contributed by atoms with van der Waals surface area (Å²) in [5.41, 5.74) is 3.78. The van der Waals surface area contributed by atoms with Crippen LogP contribution in [-0.2, 0) is 0 Å². The number of carbonyl (C=O) groups is 1. The lowest BCUT2D eigenvalue weighted by Crippen LogP contribution is -2.43. The number of rotatable bonds is 3. The van der Waals surface area contributed by atoms with Crippen molar-refractivity contribution in [1.29, 1.82) is 0 Å². The molecule has 0 saturated carbocycles. The molecule has 1 atom stereocenters. The number of nitrogens with zero attached hydrogens (tertiary/aromatic N) is 1. The van der Waals surface area contributed by atoms with Crippen molar-refractivity contribution in [3.63, 3.8) is 0 Å². The van der Waals surface area contributed by atoms with E-state index in [1.54, 1.807) is 0 Å². The molecule has 122 valence electrons. The number of aromatic nitrogens is 1. The van der Waals surface area contributed by atoms with Gasteiger partial charge < -0.3 is 15.2 Å². The fourth-order valence-corrected chi connectivity index (χ4v) is 3.71. The van der Waals surface area contributed by atoms with Crippen LogP contribution < -0.4 is 5.32 Å². The molecule has 1 aliphatic heterocycles. The van der Waals surface area contributed by atoms with Crippen molar-refractivity contribution in [3.8, 4) is 0 Å². The predicted molar refractivity (Wildman–Crippen MR) is 100 cm³/mol. The van der Waals surface area contributed by atoms with E-state index in [9.17, 15) is 4.79 Å². The highest BCUT2D eigenvalue weighted by molar-refractivity contribution is 9.10. The molecule has 1 aromatic heterocycles. The third kappa shape index (κ3) is 2.40.